The zero-order valence-corrected chi connectivity index (χ0v) is 15.3. The molecular weight excluding hydrogens is 330 g/mol. The van der Waals surface area contributed by atoms with E-state index in [0.717, 1.165) is 24.2 Å². The lowest BCUT2D eigenvalue weighted by molar-refractivity contribution is -0.00383. The van der Waals surface area contributed by atoms with Crippen molar-refractivity contribution in [1.82, 2.24) is 4.90 Å². The predicted molar refractivity (Wildman–Crippen MR) is 97.0 cm³/mol. The fourth-order valence-corrected chi connectivity index (χ4v) is 3.93. The summed E-state index contributed by atoms with van der Waals surface area (Å²) in [7, 11) is 0. The molecule has 0 spiro atoms. The molecule has 1 aliphatic carbocycles. The highest BCUT2D eigenvalue weighted by Crippen LogP contribution is 2.47. The molecule has 1 aromatic carbocycles. The molecule has 1 amide bonds. The maximum Gasteiger partial charge on any atom is 0.289 e. The molecule has 1 saturated carbocycles. The number of aryl methyl sites for hydroxylation is 1. The minimum absolute atomic E-state index is 0.0927. The topological polar surface area (TPSA) is 62.9 Å². The first-order valence-corrected chi connectivity index (χ1v) is 9.26. The third-order valence-electron chi connectivity index (χ3n) is 5.65. The fourth-order valence-electron chi connectivity index (χ4n) is 3.93. The highest BCUT2D eigenvalue weighted by Gasteiger charge is 2.53. The number of likely N-dealkylation sites (tertiary alicyclic amines) is 1. The zero-order valence-electron chi connectivity index (χ0n) is 15.3. The Kier molecular flexibility index (Phi) is 4.27. The lowest BCUT2D eigenvalue weighted by Crippen LogP contribution is -2.40. The SMILES string of the molecule is Cc1cc(COc2ccccc2)oc1C(=O)N1C[C@@H](C)[C@](O)(C2CC2)C1. The third-order valence-corrected chi connectivity index (χ3v) is 5.65. The summed E-state index contributed by atoms with van der Waals surface area (Å²) >= 11 is 0. The quantitative estimate of drug-likeness (QED) is 0.893. The minimum atomic E-state index is -0.741. The average Bonchev–Trinajstić information content (AvgIpc) is 3.37. The van der Waals surface area contributed by atoms with Gasteiger partial charge in [0, 0.05) is 18.0 Å². The Labute approximate surface area is 153 Å². The van der Waals surface area contributed by atoms with E-state index in [1.54, 1.807) is 4.90 Å². The van der Waals surface area contributed by atoms with E-state index in [1.165, 1.54) is 0 Å². The summed E-state index contributed by atoms with van der Waals surface area (Å²) in [6.07, 6.45) is 2.12. The summed E-state index contributed by atoms with van der Waals surface area (Å²) in [6.45, 7) is 5.14. The summed E-state index contributed by atoms with van der Waals surface area (Å²) in [5, 5.41) is 10.9. The van der Waals surface area contributed by atoms with Crippen LogP contribution in [0.25, 0.3) is 0 Å². The van der Waals surface area contributed by atoms with Crippen LogP contribution in [0, 0.1) is 18.8 Å². The average molecular weight is 355 g/mol. The van der Waals surface area contributed by atoms with Crippen LogP contribution < -0.4 is 4.74 Å². The Bertz CT molecular complexity index is 796. The number of amides is 1. The molecule has 0 radical (unpaired) electrons. The molecule has 5 nitrogen and oxygen atoms in total. The Morgan fingerprint density at radius 3 is 2.77 bits per heavy atom. The van der Waals surface area contributed by atoms with E-state index in [4.69, 9.17) is 9.15 Å². The standard InChI is InChI=1S/C21H25NO4/c1-14-10-18(12-25-17-6-4-3-5-7-17)26-19(14)20(23)22-11-15(2)21(24,13-22)16-8-9-16/h3-7,10,15-16,24H,8-9,11-13H2,1-2H3/t15-,21+/m1/s1. The number of benzene rings is 1. The van der Waals surface area contributed by atoms with Crippen LogP contribution in [0.2, 0.25) is 0 Å². The number of aliphatic hydroxyl groups is 1. The molecule has 138 valence electrons. The van der Waals surface area contributed by atoms with Gasteiger partial charge in [-0.05, 0) is 43.9 Å². The number of furan rings is 1. The van der Waals surface area contributed by atoms with Crippen molar-refractivity contribution in [3.05, 3.63) is 53.5 Å². The summed E-state index contributed by atoms with van der Waals surface area (Å²) in [6, 6.07) is 11.4. The number of ether oxygens (including phenoxy) is 1. The summed E-state index contributed by atoms with van der Waals surface area (Å²) < 4.78 is 11.5. The number of carbonyl (C=O) groups is 1. The second kappa shape index (κ2) is 6.47. The Morgan fingerprint density at radius 1 is 1.35 bits per heavy atom. The van der Waals surface area contributed by atoms with Gasteiger partial charge in [0.15, 0.2) is 5.76 Å². The van der Waals surface area contributed by atoms with Crippen LogP contribution in [0.5, 0.6) is 5.75 Å². The second-order valence-corrected chi connectivity index (χ2v) is 7.68. The lowest BCUT2D eigenvalue weighted by Gasteiger charge is -2.26. The van der Waals surface area contributed by atoms with Crippen molar-refractivity contribution in [1.29, 1.82) is 0 Å². The van der Waals surface area contributed by atoms with Gasteiger partial charge in [0.25, 0.3) is 5.91 Å². The van der Waals surface area contributed by atoms with Gasteiger partial charge in [-0.1, -0.05) is 25.1 Å². The molecule has 4 rings (SSSR count). The number of nitrogens with zero attached hydrogens (tertiary/aromatic N) is 1. The van der Waals surface area contributed by atoms with E-state index in [1.807, 2.05) is 50.2 Å². The van der Waals surface area contributed by atoms with Gasteiger partial charge in [-0.3, -0.25) is 4.79 Å². The van der Waals surface area contributed by atoms with Gasteiger partial charge in [0.2, 0.25) is 0 Å². The predicted octanol–water partition coefficient (Wildman–Crippen LogP) is 3.40. The van der Waals surface area contributed by atoms with Gasteiger partial charge in [0.05, 0.1) is 12.1 Å². The summed E-state index contributed by atoms with van der Waals surface area (Å²) in [5.74, 6) is 2.02. The van der Waals surface area contributed by atoms with Gasteiger partial charge in [-0.25, -0.2) is 0 Å². The lowest BCUT2D eigenvalue weighted by atomic mass is 9.88. The van der Waals surface area contributed by atoms with Crippen molar-refractivity contribution in [2.75, 3.05) is 13.1 Å². The Hall–Kier alpha value is -2.27. The van der Waals surface area contributed by atoms with E-state index in [-0.39, 0.29) is 18.4 Å². The van der Waals surface area contributed by atoms with Crippen molar-refractivity contribution in [2.24, 2.45) is 11.8 Å². The summed E-state index contributed by atoms with van der Waals surface area (Å²) in [5.41, 5.74) is 0.0613. The number of hydrogen-bond acceptors (Lipinski definition) is 4. The van der Waals surface area contributed by atoms with Crippen molar-refractivity contribution in [3.63, 3.8) is 0 Å². The largest absolute Gasteiger partial charge is 0.486 e. The third kappa shape index (κ3) is 3.12. The van der Waals surface area contributed by atoms with E-state index >= 15 is 0 Å². The Morgan fingerprint density at radius 2 is 2.08 bits per heavy atom. The molecule has 26 heavy (non-hydrogen) atoms. The van der Waals surface area contributed by atoms with E-state index in [9.17, 15) is 9.90 Å². The molecule has 1 N–H and O–H groups in total. The van der Waals surface area contributed by atoms with Gasteiger partial charge in [-0.15, -0.1) is 0 Å². The molecule has 0 bridgehead atoms. The van der Waals surface area contributed by atoms with E-state index in [2.05, 4.69) is 0 Å². The van der Waals surface area contributed by atoms with Gasteiger partial charge in [-0.2, -0.15) is 0 Å². The Balaban J connectivity index is 1.44. The number of para-hydroxylation sites is 1. The molecule has 1 aliphatic heterocycles. The van der Waals surface area contributed by atoms with Crippen molar-refractivity contribution in [3.8, 4) is 5.75 Å². The number of carbonyl (C=O) groups excluding carboxylic acids is 1. The zero-order chi connectivity index (χ0) is 18.3. The first-order valence-electron chi connectivity index (χ1n) is 9.26. The number of hydrogen-bond donors (Lipinski definition) is 1. The van der Waals surface area contributed by atoms with Gasteiger partial charge < -0.3 is 19.2 Å². The van der Waals surface area contributed by atoms with Crippen LogP contribution >= 0.6 is 0 Å². The minimum Gasteiger partial charge on any atom is -0.486 e. The molecule has 2 aliphatic rings. The number of β-amino-alcohol motifs (C(OH)–C–C–N with tert-alkyl or cyclic N) is 1. The van der Waals surface area contributed by atoms with Crippen LogP contribution in [0.4, 0.5) is 0 Å². The first-order chi connectivity index (χ1) is 12.5. The van der Waals surface area contributed by atoms with Crippen molar-refractivity contribution >= 4 is 5.91 Å². The van der Waals surface area contributed by atoms with E-state index in [0.29, 0.717) is 30.5 Å². The fraction of sp³-hybridized carbons (Fsp3) is 0.476. The molecule has 0 unspecified atom stereocenters. The normalized spacial score (nSPS) is 25.5. The van der Waals surface area contributed by atoms with Crippen LogP contribution in [-0.2, 0) is 6.61 Å². The van der Waals surface area contributed by atoms with Gasteiger partial charge >= 0.3 is 0 Å². The first kappa shape index (κ1) is 17.2. The van der Waals surface area contributed by atoms with Crippen molar-refractivity contribution < 1.29 is 19.1 Å². The van der Waals surface area contributed by atoms with Crippen LogP contribution in [0.15, 0.2) is 40.8 Å². The van der Waals surface area contributed by atoms with Crippen LogP contribution in [0.3, 0.4) is 0 Å². The smallest absolute Gasteiger partial charge is 0.289 e. The molecule has 1 saturated heterocycles. The van der Waals surface area contributed by atoms with Crippen LogP contribution in [-0.4, -0.2) is 34.6 Å². The molecule has 2 heterocycles. The van der Waals surface area contributed by atoms with Crippen LogP contribution in [0.1, 0.15) is 41.6 Å². The highest BCUT2D eigenvalue weighted by molar-refractivity contribution is 5.93. The molecule has 2 atom stereocenters. The van der Waals surface area contributed by atoms with Gasteiger partial charge in [0.1, 0.15) is 18.1 Å². The van der Waals surface area contributed by atoms with Crippen molar-refractivity contribution in [2.45, 2.75) is 38.9 Å². The summed E-state index contributed by atoms with van der Waals surface area (Å²) in [4.78, 5) is 14.6. The number of rotatable bonds is 5. The van der Waals surface area contributed by atoms with E-state index < -0.39 is 5.60 Å². The molecular formula is C21H25NO4. The maximum absolute atomic E-state index is 12.9. The molecule has 5 heteroatoms. The monoisotopic (exact) mass is 355 g/mol. The highest BCUT2D eigenvalue weighted by atomic mass is 16.5. The molecule has 2 fully saturated rings. The molecule has 2 aromatic rings. The second-order valence-electron chi connectivity index (χ2n) is 7.68. The molecule has 1 aromatic heterocycles. The maximum atomic E-state index is 12.9.